The van der Waals surface area contributed by atoms with E-state index in [0.29, 0.717) is 6.54 Å². The molecule has 8 heteroatoms. The number of rotatable bonds is 4. The largest absolute Gasteiger partial charge is 0.573 e. The number of para-hydroxylation sites is 1. The maximum absolute atomic E-state index is 12.4. The van der Waals surface area contributed by atoms with Crippen LogP contribution in [0.4, 0.5) is 18.9 Å². The van der Waals surface area contributed by atoms with Crippen LogP contribution in [-0.2, 0) is 16.0 Å². The molecule has 0 saturated carbocycles. The van der Waals surface area contributed by atoms with Gasteiger partial charge in [-0.2, -0.15) is 0 Å². The van der Waals surface area contributed by atoms with E-state index in [2.05, 4.69) is 4.74 Å². The molecule has 0 aliphatic carbocycles. The molecule has 0 spiro atoms. The number of anilines is 1. The first kappa shape index (κ1) is 18.8. The minimum atomic E-state index is -4.81. The second kappa shape index (κ2) is 7.69. The highest BCUT2D eigenvalue weighted by atomic mass is 19.4. The fourth-order valence-electron chi connectivity index (χ4n) is 2.87. The summed E-state index contributed by atoms with van der Waals surface area (Å²) in [6, 6.07) is 11.8. The predicted molar refractivity (Wildman–Crippen MR) is 90.5 cm³/mol. The van der Waals surface area contributed by atoms with Gasteiger partial charge in [-0.1, -0.05) is 18.2 Å². The van der Waals surface area contributed by atoms with Crippen LogP contribution in [0.2, 0.25) is 0 Å². The van der Waals surface area contributed by atoms with Gasteiger partial charge in [0.2, 0.25) is 0 Å². The monoisotopic (exact) mass is 379 g/mol. The summed E-state index contributed by atoms with van der Waals surface area (Å²) in [6.45, 7) is 0.0881. The summed E-state index contributed by atoms with van der Waals surface area (Å²) in [7, 11) is 0. The molecule has 0 aromatic heterocycles. The van der Waals surface area contributed by atoms with Gasteiger partial charge in [0.25, 0.3) is 5.91 Å². The first-order valence-electron chi connectivity index (χ1n) is 8.25. The molecule has 142 valence electrons. The minimum Gasteiger partial charge on any atom is -0.452 e. The van der Waals surface area contributed by atoms with E-state index in [0.717, 1.165) is 48.4 Å². The molecule has 1 aliphatic rings. The van der Waals surface area contributed by atoms with E-state index in [1.54, 1.807) is 4.90 Å². The highest BCUT2D eigenvalue weighted by Gasteiger charge is 2.31. The first-order valence-corrected chi connectivity index (χ1v) is 8.25. The van der Waals surface area contributed by atoms with Crippen molar-refractivity contribution in [2.45, 2.75) is 19.2 Å². The summed E-state index contributed by atoms with van der Waals surface area (Å²) in [6.07, 6.45) is -3.11. The molecule has 2 aromatic rings. The molecule has 0 radical (unpaired) electrons. The minimum absolute atomic E-state index is 0.0244. The van der Waals surface area contributed by atoms with Crippen molar-refractivity contribution in [3.05, 3.63) is 59.7 Å². The molecule has 0 bridgehead atoms. The Balaban J connectivity index is 1.59. The molecule has 0 saturated heterocycles. The Morgan fingerprint density at radius 2 is 1.74 bits per heavy atom. The van der Waals surface area contributed by atoms with Crippen molar-refractivity contribution in [3.63, 3.8) is 0 Å². The van der Waals surface area contributed by atoms with Crippen molar-refractivity contribution in [1.29, 1.82) is 0 Å². The van der Waals surface area contributed by atoms with E-state index in [1.165, 1.54) is 0 Å². The number of aryl methyl sites for hydroxylation is 1. The molecule has 1 aliphatic heterocycles. The summed E-state index contributed by atoms with van der Waals surface area (Å²) < 4.78 is 45.1. The van der Waals surface area contributed by atoms with Crippen LogP contribution in [0.3, 0.4) is 0 Å². The Hall–Kier alpha value is -3.03. The lowest BCUT2D eigenvalue weighted by Crippen LogP contribution is -2.38. The second-order valence-electron chi connectivity index (χ2n) is 5.93. The summed E-state index contributed by atoms with van der Waals surface area (Å²) in [5.41, 5.74) is 1.89. The molecule has 5 nitrogen and oxygen atoms in total. The lowest BCUT2D eigenvalue weighted by molar-refractivity contribution is -0.274. The zero-order chi connectivity index (χ0) is 19.4. The summed E-state index contributed by atoms with van der Waals surface area (Å²) in [5.74, 6) is -1.60. The SMILES string of the molecule is O=C(OCC(=O)N1CCCc2ccccc21)c1ccc(OC(F)(F)F)cc1. The predicted octanol–water partition coefficient (Wildman–Crippen LogP) is 3.72. The molecule has 1 amide bonds. The Morgan fingerprint density at radius 1 is 1.04 bits per heavy atom. The van der Waals surface area contributed by atoms with Gasteiger partial charge in [-0.05, 0) is 48.7 Å². The van der Waals surface area contributed by atoms with Crippen LogP contribution in [0.15, 0.2) is 48.5 Å². The third kappa shape index (κ3) is 4.78. The Labute approximate surface area is 153 Å². The molecule has 0 N–H and O–H groups in total. The van der Waals surface area contributed by atoms with E-state index >= 15 is 0 Å². The lowest BCUT2D eigenvalue weighted by atomic mass is 10.0. The van der Waals surface area contributed by atoms with Crippen molar-refractivity contribution in [2.24, 2.45) is 0 Å². The number of esters is 1. The van der Waals surface area contributed by atoms with E-state index in [-0.39, 0.29) is 11.5 Å². The zero-order valence-corrected chi connectivity index (χ0v) is 14.2. The van der Waals surface area contributed by atoms with Crippen molar-refractivity contribution < 1.29 is 32.2 Å². The molecule has 2 aromatic carbocycles. The van der Waals surface area contributed by atoms with Crippen LogP contribution >= 0.6 is 0 Å². The van der Waals surface area contributed by atoms with Gasteiger partial charge < -0.3 is 14.4 Å². The third-order valence-electron chi connectivity index (χ3n) is 4.06. The van der Waals surface area contributed by atoms with Gasteiger partial charge in [0, 0.05) is 12.2 Å². The number of hydrogen-bond acceptors (Lipinski definition) is 4. The topological polar surface area (TPSA) is 55.8 Å². The van der Waals surface area contributed by atoms with Gasteiger partial charge in [-0.15, -0.1) is 13.2 Å². The Bertz CT molecular complexity index is 834. The Kier molecular flexibility index (Phi) is 5.34. The standard InChI is InChI=1S/C19H16F3NO4/c20-19(21,22)27-15-9-7-14(8-10-15)18(25)26-12-17(24)23-11-3-5-13-4-1-2-6-16(13)23/h1-2,4,6-10H,3,5,11-12H2. The first-order chi connectivity index (χ1) is 12.8. The average molecular weight is 379 g/mol. The maximum atomic E-state index is 12.4. The quantitative estimate of drug-likeness (QED) is 0.760. The van der Waals surface area contributed by atoms with Crippen LogP contribution in [0.5, 0.6) is 5.75 Å². The second-order valence-corrected chi connectivity index (χ2v) is 5.93. The molecule has 0 unspecified atom stereocenters. The van der Waals surface area contributed by atoms with Crippen LogP contribution in [0.25, 0.3) is 0 Å². The van der Waals surface area contributed by atoms with Crippen molar-refractivity contribution in [3.8, 4) is 5.75 Å². The number of alkyl halides is 3. The number of ether oxygens (including phenoxy) is 2. The van der Waals surface area contributed by atoms with Gasteiger partial charge in [-0.25, -0.2) is 4.79 Å². The molecule has 1 heterocycles. The molecule has 27 heavy (non-hydrogen) atoms. The van der Waals surface area contributed by atoms with Gasteiger partial charge in [-0.3, -0.25) is 4.79 Å². The van der Waals surface area contributed by atoms with Crippen LogP contribution in [0, 0.1) is 0 Å². The van der Waals surface area contributed by atoms with Crippen LogP contribution < -0.4 is 9.64 Å². The smallest absolute Gasteiger partial charge is 0.452 e. The average Bonchev–Trinajstić information content (AvgIpc) is 2.64. The highest BCUT2D eigenvalue weighted by Crippen LogP contribution is 2.27. The number of halogens is 3. The zero-order valence-electron chi connectivity index (χ0n) is 14.2. The van der Waals surface area contributed by atoms with Gasteiger partial charge in [0.15, 0.2) is 6.61 Å². The number of carbonyl (C=O) groups excluding carboxylic acids is 2. The summed E-state index contributed by atoms with van der Waals surface area (Å²) in [5, 5.41) is 0. The fourth-order valence-corrected chi connectivity index (χ4v) is 2.87. The maximum Gasteiger partial charge on any atom is 0.573 e. The highest BCUT2D eigenvalue weighted by molar-refractivity contribution is 5.98. The number of hydrogen-bond donors (Lipinski definition) is 0. The normalized spacial score (nSPS) is 13.7. The summed E-state index contributed by atoms with van der Waals surface area (Å²) >= 11 is 0. The van der Waals surface area contributed by atoms with E-state index in [9.17, 15) is 22.8 Å². The lowest BCUT2D eigenvalue weighted by Gasteiger charge is -2.29. The molecular weight excluding hydrogens is 363 g/mol. The summed E-state index contributed by atoms with van der Waals surface area (Å²) in [4.78, 5) is 26.0. The van der Waals surface area contributed by atoms with Gasteiger partial charge in [0.05, 0.1) is 5.56 Å². The number of carbonyl (C=O) groups is 2. The van der Waals surface area contributed by atoms with E-state index < -0.39 is 24.7 Å². The van der Waals surface area contributed by atoms with E-state index in [4.69, 9.17) is 4.74 Å². The van der Waals surface area contributed by atoms with Crippen molar-refractivity contribution >= 4 is 17.6 Å². The molecule has 0 atom stereocenters. The van der Waals surface area contributed by atoms with Gasteiger partial charge >= 0.3 is 12.3 Å². The number of amides is 1. The van der Waals surface area contributed by atoms with Crippen LogP contribution in [-0.4, -0.2) is 31.4 Å². The van der Waals surface area contributed by atoms with Gasteiger partial charge in [0.1, 0.15) is 5.75 Å². The van der Waals surface area contributed by atoms with E-state index in [1.807, 2.05) is 24.3 Å². The molecule has 3 rings (SSSR count). The van der Waals surface area contributed by atoms with Crippen molar-refractivity contribution in [1.82, 2.24) is 0 Å². The Morgan fingerprint density at radius 3 is 2.44 bits per heavy atom. The fraction of sp³-hybridized carbons (Fsp3) is 0.263. The van der Waals surface area contributed by atoms with Crippen molar-refractivity contribution in [2.75, 3.05) is 18.1 Å². The number of nitrogens with zero attached hydrogens (tertiary/aromatic N) is 1. The molecule has 0 fully saturated rings. The van der Waals surface area contributed by atoms with Crippen LogP contribution in [0.1, 0.15) is 22.3 Å². The third-order valence-corrected chi connectivity index (χ3v) is 4.06. The number of fused-ring (bicyclic) bond motifs is 1. The molecular formula is C19H16F3NO4. The number of benzene rings is 2.